The lowest BCUT2D eigenvalue weighted by Crippen LogP contribution is -2.33. The number of hydrogen-bond donors (Lipinski definition) is 1. The van der Waals surface area contributed by atoms with E-state index in [-0.39, 0.29) is 35.8 Å². The highest BCUT2D eigenvalue weighted by molar-refractivity contribution is 7.91. The molecule has 0 bridgehead atoms. The van der Waals surface area contributed by atoms with E-state index in [1.54, 1.807) is 78.9 Å². The van der Waals surface area contributed by atoms with Gasteiger partial charge in [0.05, 0.1) is 39.7 Å². The molecule has 1 aliphatic heterocycles. The number of thiazole rings is 1. The van der Waals surface area contributed by atoms with Crippen molar-refractivity contribution in [3.63, 3.8) is 0 Å². The Hall–Kier alpha value is -5.04. The van der Waals surface area contributed by atoms with Gasteiger partial charge in [0.25, 0.3) is 17.7 Å². The summed E-state index contributed by atoms with van der Waals surface area (Å²) in [5.74, 6) is -0.472. The summed E-state index contributed by atoms with van der Waals surface area (Å²) in [4.78, 5) is 45.4. The van der Waals surface area contributed by atoms with E-state index in [2.05, 4.69) is 31.1 Å². The van der Waals surface area contributed by atoms with Crippen LogP contribution in [0.25, 0.3) is 0 Å². The van der Waals surface area contributed by atoms with Crippen molar-refractivity contribution >= 4 is 56.2 Å². The summed E-state index contributed by atoms with van der Waals surface area (Å²) < 4.78 is 37.9. The summed E-state index contributed by atoms with van der Waals surface area (Å²) in [5, 5.41) is 6.23. The van der Waals surface area contributed by atoms with Crippen molar-refractivity contribution < 1.29 is 32.3 Å². The van der Waals surface area contributed by atoms with E-state index >= 15 is 0 Å². The summed E-state index contributed by atoms with van der Waals surface area (Å²) in [6.07, 6.45) is 0.732. The number of aromatic nitrogens is 1. The first-order valence-electron chi connectivity index (χ1n) is 17.0. The lowest BCUT2D eigenvalue weighted by atomic mass is 9.93. The Balaban J connectivity index is 1.15. The summed E-state index contributed by atoms with van der Waals surface area (Å²) in [6.45, 7) is 6.53. The van der Waals surface area contributed by atoms with Gasteiger partial charge in [-0.05, 0) is 85.1 Å². The Morgan fingerprint density at radius 1 is 0.906 bits per heavy atom. The van der Waals surface area contributed by atoms with Crippen LogP contribution in [0.1, 0.15) is 74.5 Å². The van der Waals surface area contributed by atoms with Crippen molar-refractivity contribution in [2.75, 3.05) is 24.2 Å². The van der Waals surface area contributed by atoms with Gasteiger partial charge in [0.15, 0.2) is 9.84 Å². The number of amides is 3. The van der Waals surface area contributed by atoms with Crippen LogP contribution >= 0.6 is 22.9 Å². The largest absolute Gasteiger partial charge is 0.490 e. The zero-order valence-corrected chi connectivity index (χ0v) is 31.8. The summed E-state index contributed by atoms with van der Waals surface area (Å²) in [5.41, 5.74) is 3.07. The molecule has 6 rings (SSSR count). The number of nitrogens with zero attached hydrogens (tertiary/aromatic N) is 2. The molecule has 1 aromatic heterocycles. The lowest BCUT2D eigenvalue weighted by Gasteiger charge is -2.17. The number of benzene rings is 4. The molecule has 0 fully saturated rings. The number of imide groups is 1. The molecule has 0 radical (unpaired) electrons. The van der Waals surface area contributed by atoms with Crippen molar-refractivity contribution in [3.8, 4) is 11.5 Å². The smallest absolute Gasteiger partial charge is 0.261 e. The van der Waals surface area contributed by atoms with Crippen LogP contribution in [0.2, 0.25) is 5.02 Å². The van der Waals surface area contributed by atoms with Crippen molar-refractivity contribution in [1.29, 1.82) is 0 Å². The number of aryl methyl sites for hydroxylation is 1. The first kappa shape index (κ1) is 37.7. The Morgan fingerprint density at radius 2 is 1.62 bits per heavy atom. The standard InChI is InChI=1S/C40H38ClN3O7S2/c1-40(2,3)35-25-52-36(43-35)24-51-29-10-6-9-27(23-29)37(45)42-33-22-26(8-7-21-53(48,49)30-16-14-28(41)15-17-30)13-18-34(33)50-20-19-44-38(46)31-11-4-5-12-32(31)39(44)47/h4-6,9-18,22-23,25H,7-8,19-21,24H2,1-3H3,(H,42,45). The number of fused-ring (bicyclic) bond motifs is 1. The number of anilines is 1. The van der Waals surface area contributed by atoms with Gasteiger partial charge in [-0.1, -0.05) is 56.6 Å². The van der Waals surface area contributed by atoms with Gasteiger partial charge in [-0.15, -0.1) is 11.3 Å². The van der Waals surface area contributed by atoms with Gasteiger partial charge in [0.2, 0.25) is 0 Å². The minimum Gasteiger partial charge on any atom is -0.490 e. The first-order valence-corrected chi connectivity index (χ1v) is 19.9. The molecule has 3 amide bonds. The maximum Gasteiger partial charge on any atom is 0.261 e. The molecular weight excluding hydrogens is 734 g/mol. The van der Waals surface area contributed by atoms with E-state index in [4.69, 9.17) is 21.1 Å². The highest BCUT2D eigenvalue weighted by Crippen LogP contribution is 2.30. The average molecular weight is 772 g/mol. The van der Waals surface area contributed by atoms with E-state index in [9.17, 15) is 22.8 Å². The zero-order chi connectivity index (χ0) is 37.8. The molecule has 0 saturated carbocycles. The molecule has 53 heavy (non-hydrogen) atoms. The number of nitrogens with one attached hydrogen (secondary N) is 1. The third-order valence-corrected chi connectivity index (χ3v) is 11.5. The molecule has 5 aromatic rings. The molecule has 0 unspecified atom stereocenters. The van der Waals surface area contributed by atoms with Gasteiger partial charge in [-0.3, -0.25) is 19.3 Å². The normalized spacial score (nSPS) is 12.9. The number of ether oxygens (including phenoxy) is 2. The van der Waals surface area contributed by atoms with Crippen LogP contribution in [-0.4, -0.2) is 54.9 Å². The SMILES string of the molecule is CC(C)(C)c1csc(COc2cccc(C(=O)Nc3cc(CCCS(=O)(=O)c4ccc(Cl)cc4)ccc3OCCN3C(=O)c4ccccc4C3=O)c2)n1. The molecule has 1 N–H and O–H groups in total. The predicted octanol–water partition coefficient (Wildman–Crippen LogP) is 8.01. The fourth-order valence-corrected chi connectivity index (χ4v) is 8.03. The van der Waals surface area contributed by atoms with Crippen LogP contribution in [-0.2, 0) is 28.3 Å². The van der Waals surface area contributed by atoms with Crippen LogP contribution in [0.4, 0.5) is 5.69 Å². The van der Waals surface area contributed by atoms with Gasteiger partial charge in [-0.2, -0.15) is 0 Å². The maximum absolute atomic E-state index is 13.6. The fourth-order valence-electron chi connectivity index (χ4n) is 5.66. The maximum atomic E-state index is 13.6. The Labute approximate surface area is 317 Å². The number of sulfone groups is 1. The summed E-state index contributed by atoms with van der Waals surface area (Å²) in [6, 6.07) is 24.7. The van der Waals surface area contributed by atoms with Crippen molar-refractivity contribution in [2.24, 2.45) is 0 Å². The van der Waals surface area contributed by atoms with Crippen molar-refractivity contribution in [2.45, 2.75) is 50.5 Å². The number of carbonyl (C=O) groups excluding carboxylic acids is 3. The summed E-state index contributed by atoms with van der Waals surface area (Å²) in [7, 11) is -3.53. The van der Waals surface area contributed by atoms with E-state index in [1.165, 1.54) is 23.5 Å². The van der Waals surface area contributed by atoms with Crippen LogP contribution in [0.15, 0.2) is 101 Å². The molecule has 0 saturated heterocycles. The van der Waals surface area contributed by atoms with Gasteiger partial charge in [0, 0.05) is 21.4 Å². The molecular formula is C40H38ClN3O7S2. The van der Waals surface area contributed by atoms with E-state index in [0.717, 1.165) is 21.2 Å². The number of carbonyl (C=O) groups is 3. The van der Waals surface area contributed by atoms with Crippen LogP contribution in [0.3, 0.4) is 0 Å². The lowest BCUT2D eigenvalue weighted by molar-refractivity contribution is 0.0631. The van der Waals surface area contributed by atoms with Crippen LogP contribution in [0, 0.1) is 0 Å². The van der Waals surface area contributed by atoms with Gasteiger partial charge < -0.3 is 14.8 Å². The second kappa shape index (κ2) is 15.9. The third kappa shape index (κ3) is 9.13. The second-order valence-electron chi connectivity index (χ2n) is 13.5. The minimum absolute atomic E-state index is 0.000229. The average Bonchev–Trinajstić information content (AvgIpc) is 3.72. The number of halogens is 1. The van der Waals surface area contributed by atoms with Gasteiger partial charge >= 0.3 is 0 Å². The topological polar surface area (TPSA) is 132 Å². The Morgan fingerprint density at radius 3 is 2.30 bits per heavy atom. The molecule has 10 nitrogen and oxygen atoms in total. The monoisotopic (exact) mass is 771 g/mol. The van der Waals surface area contributed by atoms with Gasteiger partial charge in [-0.25, -0.2) is 13.4 Å². The second-order valence-corrected chi connectivity index (χ2v) is 17.0. The molecule has 0 aliphatic carbocycles. The molecule has 13 heteroatoms. The number of hydrogen-bond acceptors (Lipinski definition) is 9. The predicted molar refractivity (Wildman–Crippen MR) is 205 cm³/mol. The molecule has 274 valence electrons. The Kier molecular flexibility index (Phi) is 11.3. The highest BCUT2D eigenvalue weighted by Gasteiger charge is 2.34. The third-order valence-electron chi connectivity index (χ3n) is 8.57. The van der Waals surface area contributed by atoms with E-state index < -0.39 is 27.6 Å². The molecule has 0 atom stereocenters. The van der Waals surface area contributed by atoms with Crippen molar-refractivity contribution in [3.05, 3.63) is 134 Å². The number of rotatable bonds is 14. The fraction of sp³-hybridized carbons (Fsp3) is 0.250. The highest BCUT2D eigenvalue weighted by atomic mass is 35.5. The van der Waals surface area contributed by atoms with Gasteiger partial charge in [0.1, 0.15) is 29.7 Å². The summed E-state index contributed by atoms with van der Waals surface area (Å²) >= 11 is 7.45. The first-order chi connectivity index (χ1) is 25.3. The zero-order valence-electron chi connectivity index (χ0n) is 29.4. The van der Waals surface area contributed by atoms with Crippen LogP contribution < -0.4 is 14.8 Å². The van der Waals surface area contributed by atoms with E-state index in [0.29, 0.717) is 51.7 Å². The van der Waals surface area contributed by atoms with Crippen LogP contribution in [0.5, 0.6) is 11.5 Å². The van der Waals surface area contributed by atoms with E-state index in [1.807, 2.05) is 5.38 Å². The molecule has 2 heterocycles. The quantitative estimate of drug-likeness (QED) is 0.112. The molecule has 1 aliphatic rings. The minimum atomic E-state index is -3.53. The Bertz CT molecular complexity index is 2230. The molecule has 4 aromatic carbocycles. The van der Waals surface area contributed by atoms with Crippen molar-refractivity contribution in [1.82, 2.24) is 9.88 Å². The molecule has 0 spiro atoms.